The van der Waals surface area contributed by atoms with E-state index in [2.05, 4.69) is 31.3 Å². The van der Waals surface area contributed by atoms with E-state index in [9.17, 15) is 4.79 Å². The summed E-state index contributed by atoms with van der Waals surface area (Å²) in [4.78, 5) is 12.0. The maximum atomic E-state index is 12.0. The molecule has 3 nitrogen and oxygen atoms in total. The smallest absolute Gasteiger partial charge is 0.231 e. The molecule has 1 amide bonds. The van der Waals surface area contributed by atoms with Crippen molar-refractivity contribution in [3.05, 3.63) is 29.3 Å². The fraction of sp³-hybridized carbons (Fsp3) is 0.500. The quantitative estimate of drug-likeness (QED) is 0.836. The zero-order valence-corrected chi connectivity index (χ0v) is 10.5. The van der Waals surface area contributed by atoms with Gasteiger partial charge in [-0.3, -0.25) is 4.79 Å². The molecule has 0 unspecified atom stereocenters. The number of anilines is 1. The minimum absolute atomic E-state index is 0.0749. The van der Waals surface area contributed by atoms with Crippen LogP contribution in [0.1, 0.15) is 30.9 Å². The van der Waals surface area contributed by atoms with Crippen LogP contribution in [-0.4, -0.2) is 12.5 Å². The normalized spacial score (nSPS) is 16.6. The highest BCUT2D eigenvalue weighted by Gasteiger charge is 2.48. The Morgan fingerprint density at radius 1 is 1.47 bits per heavy atom. The van der Waals surface area contributed by atoms with Gasteiger partial charge in [-0.1, -0.05) is 13.0 Å². The Balaban J connectivity index is 2.11. The number of nitrogens with two attached hydrogens (primary N) is 1. The third-order valence-electron chi connectivity index (χ3n) is 3.71. The van der Waals surface area contributed by atoms with E-state index in [1.54, 1.807) is 0 Å². The van der Waals surface area contributed by atoms with Gasteiger partial charge in [0, 0.05) is 12.2 Å². The first kappa shape index (κ1) is 12.1. The number of carbonyl (C=O) groups excluding carboxylic acids is 1. The highest BCUT2D eigenvalue weighted by atomic mass is 16.2. The lowest BCUT2D eigenvalue weighted by molar-refractivity contribution is -0.120. The van der Waals surface area contributed by atoms with Crippen LogP contribution in [0.3, 0.4) is 0 Å². The molecule has 0 atom stereocenters. The molecule has 1 fully saturated rings. The molecule has 1 aromatic rings. The number of benzene rings is 1. The molecule has 92 valence electrons. The van der Waals surface area contributed by atoms with Gasteiger partial charge in [-0.15, -0.1) is 0 Å². The van der Waals surface area contributed by atoms with E-state index in [0.717, 1.165) is 24.9 Å². The van der Waals surface area contributed by atoms with Gasteiger partial charge >= 0.3 is 0 Å². The van der Waals surface area contributed by atoms with E-state index >= 15 is 0 Å². The Kier molecular flexibility index (Phi) is 3.20. The molecule has 17 heavy (non-hydrogen) atoms. The van der Waals surface area contributed by atoms with Crippen LogP contribution < -0.4 is 11.1 Å². The summed E-state index contributed by atoms with van der Waals surface area (Å²) in [5.74, 6) is 0.0749. The summed E-state index contributed by atoms with van der Waals surface area (Å²) in [7, 11) is 0. The Bertz CT molecular complexity index is 436. The van der Waals surface area contributed by atoms with Gasteiger partial charge in [0.05, 0.1) is 5.41 Å². The molecule has 0 aliphatic heterocycles. The van der Waals surface area contributed by atoms with Gasteiger partial charge in [0.2, 0.25) is 5.91 Å². The average Bonchev–Trinajstić information content (AvgIpc) is 3.12. The summed E-state index contributed by atoms with van der Waals surface area (Å²) >= 11 is 0. The van der Waals surface area contributed by atoms with Gasteiger partial charge in [0.25, 0.3) is 0 Å². The van der Waals surface area contributed by atoms with Crippen molar-refractivity contribution >= 4 is 11.6 Å². The fourth-order valence-corrected chi connectivity index (χ4v) is 2.07. The second-order valence-electron chi connectivity index (χ2n) is 4.93. The van der Waals surface area contributed by atoms with Crippen molar-refractivity contribution in [3.63, 3.8) is 0 Å². The lowest BCUT2D eigenvalue weighted by atomic mass is 10.0. The zero-order valence-electron chi connectivity index (χ0n) is 10.5. The van der Waals surface area contributed by atoms with Crippen LogP contribution in [0.5, 0.6) is 0 Å². The highest BCUT2D eigenvalue weighted by molar-refractivity contribution is 5.97. The van der Waals surface area contributed by atoms with Crippen LogP contribution in [0, 0.1) is 12.3 Å². The number of aryl methyl sites for hydroxylation is 2. The molecule has 1 aliphatic carbocycles. The van der Waals surface area contributed by atoms with Gasteiger partial charge in [-0.25, -0.2) is 0 Å². The molecule has 1 aliphatic rings. The zero-order chi connectivity index (χ0) is 12.5. The minimum Gasteiger partial charge on any atom is -0.329 e. The van der Waals surface area contributed by atoms with E-state index in [0.29, 0.717) is 6.54 Å². The van der Waals surface area contributed by atoms with Crippen molar-refractivity contribution in [1.82, 2.24) is 0 Å². The predicted octanol–water partition coefficient (Wildman–Crippen LogP) is 2.23. The van der Waals surface area contributed by atoms with Crippen LogP contribution in [-0.2, 0) is 11.2 Å². The third-order valence-corrected chi connectivity index (χ3v) is 3.71. The molecule has 2 rings (SSSR count). The molecule has 0 radical (unpaired) electrons. The Morgan fingerprint density at radius 3 is 2.71 bits per heavy atom. The van der Waals surface area contributed by atoms with Crippen molar-refractivity contribution in [3.8, 4) is 0 Å². The third kappa shape index (κ3) is 2.34. The standard InChI is InChI=1S/C14H20N2O/c1-3-11-8-12(5-4-10(11)2)16-13(17)14(9-15)6-7-14/h4-5,8H,3,6-7,9,15H2,1-2H3,(H,16,17). The molecule has 3 heteroatoms. The largest absolute Gasteiger partial charge is 0.329 e. The second kappa shape index (κ2) is 4.49. The predicted molar refractivity (Wildman–Crippen MR) is 69.9 cm³/mol. The summed E-state index contributed by atoms with van der Waals surface area (Å²) in [6, 6.07) is 6.06. The SMILES string of the molecule is CCc1cc(NC(=O)C2(CN)CC2)ccc1C. The topological polar surface area (TPSA) is 55.1 Å². The van der Waals surface area contributed by atoms with Crippen molar-refractivity contribution in [1.29, 1.82) is 0 Å². The van der Waals surface area contributed by atoms with Crippen LogP contribution in [0.2, 0.25) is 0 Å². The Morgan fingerprint density at radius 2 is 2.18 bits per heavy atom. The molecule has 0 heterocycles. The van der Waals surface area contributed by atoms with Gasteiger partial charge in [0.15, 0.2) is 0 Å². The molecule has 0 bridgehead atoms. The number of amides is 1. The van der Waals surface area contributed by atoms with Gasteiger partial charge < -0.3 is 11.1 Å². The number of hydrogen-bond donors (Lipinski definition) is 2. The van der Waals surface area contributed by atoms with E-state index in [4.69, 9.17) is 5.73 Å². The van der Waals surface area contributed by atoms with Gasteiger partial charge in [-0.2, -0.15) is 0 Å². The first-order valence-corrected chi connectivity index (χ1v) is 6.22. The number of carbonyl (C=O) groups is 1. The first-order chi connectivity index (χ1) is 8.11. The van der Waals surface area contributed by atoms with Crippen molar-refractivity contribution in [2.45, 2.75) is 33.1 Å². The van der Waals surface area contributed by atoms with Crippen molar-refractivity contribution in [2.24, 2.45) is 11.1 Å². The van der Waals surface area contributed by atoms with E-state index < -0.39 is 0 Å². The van der Waals surface area contributed by atoms with Crippen LogP contribution in [0.25, 0.3) is 0 Å². The molecule has 1 saturated carbocycles. The molecule has 0 spiro atoms. The Hall–Kier alpha value is -1.35. The number of rotatable bonds is 4. The fourth-order valence-electron chi connectivity index (χ4n) is 2.07. The second-order valence-corrected chi connectivity index (χ2v) is 4.93. The van der Waals surface area contributed by atoms with Crippen molar-refractivity contribution in [2.75, 3.05) is 11.9 Å². The molecule has 0 aromatic heterocycles. The van der Waals surface area contributed by atoms with Crippen molar-refractivity contribution < 1.29 is 4.79 Å². The Labute approximate surface area is 102 Å². The number of nitrogens with one attached hydrogen (secondary N) is 1. The molecular formula is C14H20N2O. The average molecular weight is 232 g/mol. The van der Waals surface area contributed by atoms with E-state index in [1.165, 1.54) is 11.1 Å². The van der Waals surface area contributed by atoms with E-state index in [-0.39, 0.29) is 11.3 Å². The lowest BCUT2D eigenvalue weighted by Crippen LogP contribution is -2.30. The minimum atomic E-state index is -0.280. The van der Waals surface area contributed by atoms with Gasteiger partial charge in [0.1, 0.15) is 0 Å². The molecule has 0 saturated heterocycles. The van der Waals surface area contributed by atoms with Crippen LogP contribution in [0.4, 0.5) is 5.69 Å². The summed E-state index contributed by atoms with van der Waals surface area (Å²) in [5, 5.41) is 2.98. The number of hydrogen-bond acceptors (Lipinski definition) is 2. The maximum absolute atomic E-state index is 12.0. The van der Waals surface area contributed by atoms with Crippen LogP contribution in [0.15, 0.2) is 18.2 Å². The summed E-state index contributed by atoms with van der Waals surface area (Å²) < 4.78 is 0. The maximum Gasteiger partial charge on any atom is 0.231 e. The monoisotopic (exact) mass is 232 g/mol. The van der Waals surface area contributed by atoms with Crippen LogP contribution >= 0.6 is 0 Å². The lowest BCUT2D eigenvalue weighted by Gasteiger charge is -2.14. The van der Waals surface area contributed by atoms with E-state index in [1.807, 2.05) is 6.07 Å². The van der Waals surface area contributed by atoms with Gasteiger partial charge in [-0.05, 0) is 49.4 Å². The molecule has 3 N–H and O–H groups in total. The highest BCUT2D eigenvalue weighted by Crippen LogP contribution is 2.45. The first-order valence-electron chi connectivity index (χ1n) is 6.22. The summed E-state index contributed by atoms with van der Waals surface area (Å²) in [6.45, 7) is 4.66. The summed E-state index contributed by atoms with van der Waals surface area (Å²) in [6.07, 6.45) is 2.82. The molecular weight excluding hydrogens is 212 g/mol. The molecule has 1 aromatic carbocycles. The summed E-state index contributed by atoms with van der Waals surface area (Å²) in [5.41, 5.74) is 8.80.